The number of carbonyl (C=O) groups is 2. The van der Waals surface area contributed by atoms with E-state index in [1.165, 1.54) is 6.20 Å². The second-order valence-electron chi connectivity index (χ2n) is 4.32. The highest BCUT2D eigenvalue weighted by Gasteiger charge is 2.13. The van der Waals surface area contributed by atoms with Crippen LogP contribution in [0, 0.1) is 0 Å². The molecule has 0 saturated carbocycles. The number of carbonyl (C=O) groups excluding carboxylic acids is 2. The number of hydrogen-bond donors (Lipinski definition) is 1. The Balaban J connectivity index is 2.10. The third kappa shape index (κ3) is 3.70. The lowest BCUT2D eigenvalue weighted by molar-refractivity contribution is -0.142. The predicted molar refractivity (Wildman–Crippen MR) is 80.3 cm³/mol. The van der Waals surface area contributed by atoms with Crippen molar-refractivity contribution >= 4 is 34.2 Å². The second-order valence-corrected chi connectivity index (χ2v) is 4.68. The molecule has 0 bridgehead atoms. The first-order valence-electron chi connectivity index (χ1n) is 6.60. The summed E-state index contributed by atoms with van der Waals surface area (Å²) in [6.45, 7) is 2.29. The van der Waals surface area contributed by atoms with Gasteiger partial charge in [0.25, 0.3) is 5.91 Å². The van der Waals surface area contributed by atoms with Crippen LogP contribution in [-0.4, -0.2) is 30.0 Å². The van der Waals surface area contributed by atoms with Crippen LogP contribution in [0.15, 0.2) is 30.5 Å². The molecule has 1 heterocycles. The molecule has 1 aromatic heterocycles. The van der Waals surface area contributed by atoms with Crippen LogP contribution >= 0.6 is 11.6 Å². The van der Waals surface area contributed by atoms with E-state index >= 15 is 0 Å². The van der Waals surface area contributed by atoms with E-state index in [9.17, 15) is 9.59 Å². The summed E-state index contributed by atoms with van der Waals surface area (Å²) < 4.78 is 4.80. The van der Waals surface area contributed by atoms with E-state index in [0.29, 0.717) is 17.3 Å². The first-order valence-corrected chi connectivity index (χ1v) is 6.98. The van der Waals surface area contributed by atoms with Crippen molar-refractivity contribution in [3.05, 3.63) is 41.2 Å². The maximum absolute atomic E-state index is 12.2. The molecule has 2 rings (SSSR count). The first kappa shape index (κ1) is 15.3. The molecule has 0 atom stereocenters. The third-order valence-electron chi connectivity index (χ3n) is 2.91. The van der Waals surface area contributed by atoms with Crippen LogP contribution in [0.25, 0.3) is 10.8 Å². The quantitative estimate of drug-likeness (QED) is 0.681. The van der Waals surface area contributed by atoms with E-state index in [1.807, 2.05) is 18.2 Å². The highest BCUT2D eigenvalue weighted by atomic mass is 35.5. The number of hydrogen-bond acceptors (Lipinski definition) is 4. The molecule has 21 heavy (non-hydrogen) atoms. The summed E-state index contributed by atoms with van der Waals surface area (Å²) in [5, 5.41) is 4.48. The number of rotatable bonds is 5. The van der Waals surface area contributed by atoms with Gasteiger partial charge in [-0.3, -0.25) is 9.59 Å². The summed E-state index contributed by atoms with van der Waals surface area (Å²) in [5.41, 5.74) is 0.429. The second kappa shape index (κ2) is 7.04. The van der Waals surface area contributed by atoms with E-state index in [2.05, 4.69) is 10.3 Å². The van der Waals surface area contributed by atoms with Gasteiger partial charge in [-0.1, -0.05) is 35.9 Å². The molecule has 0 aliphatic carbocycles. The van der Waals surface area contributed by atoms with Gasteiger partial charge in [0.2, 0.25) is 0 Å². The number of nitrogens with zero attached hydrogens (tertiary/aromatic N) is 1. The summed E-state index contributed by atoms with van der Waals surface area (Å²) in [6, 6.07) is 7.27. The number of nitrogens with one attached hydrogen (secondary N) is 1. The van der Waals surface area contributed by atoms with Crippen LogP contribution in [0.5, 0.6) is 0 Å². The SMILES string of the molecule is CCOC(=O)CCNC(=O)c1cnc(Cl)c2ccccc12. The maximum Gasteiger partial charge on any atom is 0.307 e. The lowest BCUT2D eigenvalue weighted by Crippen LogP contribution is -2.26. The van der Waals surface area contributed by atoms with Gasteiger partial charge in [-0.2, -0.15) is 0 Å². The van der Waals surface area contributed by atoms with E-state index in [-0.39, 0.29) is 24.8 Å². The molecule has 0 aliphatic heterocycles. The van der Waals surface area contributed by atoms with Gasteiger partial charge in [0.05, 0.1) is 18.6 Å². The van der Waals surface area contributed by atoms with Crippen molar-refractivity contribution in [3.8, 4) is 0 Å². The van der Waals surface area contributed by atoms with Gasteiger partial charge in [0, 0.05) is 18.1 Å². The molecule has 0 spiro atoms. The molecular weight excluding hydrogens is 292 g/mol. The number of ether oxygens (including phenoxy) is 1. The first-order chi connectivity index (χ1) is 10.1. The van der Waals surface area contributed by atoms with Gasteiger partial charge >= 0.3 is 5.97 Å². The molecule has 0 radical (unpaired) electrons. The van der Waals surface area contributed by atoms with Crippen molar-refractivity contribution in [2.24, 2.45) is 0 Å². The van der Waals surface area contributed by atoms with Gasteiger partial charge in [-0.05, 0) is 12.3 Å². The van der Waals surface area contributed by atoms with E-state index in [4.69, 9.17) is 16.3 Å². The minimum absolute atomic E-state index is 0.137. The topological polar surface area (TPSA) is 68.3 Å². The van der Waals surface area contributed by atoms with Crippen LogP contribution in [0.3, 0.4) is 0 Å². The summed E-state index contributed by atoms with van der Waals surface area (Å²) in [6.07, 6.45) is 1.57. The maximum atomic E-state index is 12.2. The van der Waals surface area contributed by atoms with Gasteiger partial charge in [0.1, 0.15) is 5.15 Å². The van der Waals surface area contributed by atoms with Gasteiger partial charge < -0.3 is 10.1 Å². The number of amides is 1. The molecule has 0 saturated heterocycles. The smallest absolute Gasteiger partial charge is 0.307 e. The molecule has 6 heteroatoms. The van der Waals surface area contributed by atoms with Crippen LogP contribution < -0.4 is 5.32 Å². The lowest BCUT2D eigenvalue weighted by atomic mass is 10.1. The Morgan fingerprint density at radius 1 is 1.29 bits per heavy atom. The molecular formula is C15H15ClN2O3. The molecule has 2 aromatic rings. The standard InChI is InChI=1S/C15H15ClN2O3/c1-2-21-13(19)7-8-17-15(20)12-9-18-14(16)11-6-4-3-5-10(11)12/h3-6,9H,2,7-8H2,1H3,(H,17,20). The van der Waals surface area contributed by atoms with Crippen molar-refractivity contribution in [3.63, 3.8) is 0 Å². The predicted octanol–water partition coefficient (Wildman–Crippen LogP) is 2.57. The van der Waals surface area contributed by atoms with Crippen molar-refractivity contribution in [1.29, 1.82) is 0 Å². The fourth-order valence-corrected chi connectivity index (χ4v) is 2.16. The summed E-state index contributed by atoms with van der Waals surface area (Å²) in [5.74, 6) is -0.628. The van der Waals surface area contributed by atoms with Crippen molar-refractivity contribution < 1.29 is 14.3 Å². The molecule has 1 amide bonds. The highest BCUT2D eigenvalue weighted by molar-refractivity contribution is 6.34. The minimum Gasteiger partial charge on any atom is -0.466 e. The zero-order valence-corrected chi connectivity index (χ0v) is 12.3. The number of esters is 1. The Morgan fingerprint density at radius 3 is 2.71 bits per heavy atom. The molecule has 1 aromatic carbocycles. The van der Waals surface area contributed by atoms with E-state index in [1.54, 1.807) is 13.0 Å². The van der Waals surface area contributed by atoms with Crippen LogP contribution in [-0.2, 0) is 9.53 Å². The average molecular weight is 307 g/mol. The normalized spacial score (nSPS) is 10.4. The number of pyridine rings is 1. The largest absolute Gasteiger partial charge is 0.466 e. The Hall–Kier alpha value is -2.14. The van der Waals surface area contributed by atoms with Crippen molar-refractivity contribution in [2.75, 3.05) is 13.2 Å². The average Bonchev–Trinajstić information content (AvgIpc) is 2.48. The Labute approximate surface area is 127 Å². The van der Waals surface area contributed by atoms with Crippen molar-refractivity contribution in [1.82, 2.24) is 10.3 Å². The number of halogens is 1. The molecule has 5 nitrogen and oxygen atoms in total. The van der Waals surface area contributed by atoms with Gasteiger partial charge in [-0.25, -0.2) is 4.98 Å². The zero-order chi connectivity index (χ0) is 15.2. The van der Waals surface area contributed by atoms with Gasteiger partial charge in [0.15, 0.2) is 0 Å². The third-order valence-corrected chi connectivity index (χ3v) is 3.21. The summed E-state index contributed by atoms with van der Waals surface area (Å²) in [7, 11) is 0. The van der Waals surface area contributed by atoms with Crippen LogP contribution in [0.1, 0.15) is 23.7 Å². The highest BCUT2D eigenvalue weighted by Crippen LogP contribution is 2.23. The van der Waals surface area contributed by atoms with Crippen molar-refractivity contribution in [2.45, 2.75) is 13.3 Å². The summed E-state index contributed by atoms with van der Waals surface area (Å²) in [4.78, 5) is 27.4. The summed E-state index contributed by atoms with van der Waals surface area (Å²) >= 11 is 6.01. The lowest BCUT2D eigenvalue weighted by Gasteiger charge is -2.08. The Morgan fingerprint density at radius 2 is 2.00 bits per heavy atom. The zero-order valence-electron chi connectivity index (χ0n) is 11.6. The molecule has 0 fully saturated rings. The Kier molecular flexibility index (Phi) is 5.11. The fraction of sp³-hybridized carbons (Fsp3) is 0.267. The molecule has 1 N–H and O–H groups in total. The minimum atomic E-state index is -0.336. The molecule has 0 unspecified atom stereocenters. The van der Waals surface area contributed by atoms with Gasteiger partial charge in [-0.15, -0.1) is 0 Å². The number of aromatic nitrogens is 1. The van der Waals surface area contributed by atoms with E-state index in [0.717, 1.165) is 10.8 Å². The molecule has 0 aliphatic rings. The van der Waals surface area contributed by atoms with Crippen LogP contribution in [0.2, 0.25) is 5.15 Å². The number of fused-ring (bicyclic) bond motifs is 1. The Bertz CT molecular complexity index is 673. The number of benzene rings is 1. The van der Waals surface area contributed by atoms with E-state index < -0.39 is 0 Å². The molecule has 110 valence electrons. The fourth-order valence-electron chi connectivity index (χ4n) is 1.95. The monoisotopic (exact) mass is 306 g/mol. The van der Waals surface area contributed by atoms with Crippen LogP contribution in [0.4, 0.5) is 0 Å².